The predicted molar refractivity (Wildman–Crippen MR) is 87.6 cm³/mol. The van der Waals surface area contributed by atoms with Crippen molar-refractivity contribution in [1.29, 1.82) is 0 Å². The molecule has 0 heterocycles. The Morgan fingerprint density at radius 2 is 1.57 bits per heavy atom. The molecule has 4 nitrogen and oxygen atoms in total. The summed E-state index contributed by atoms with van der Waals surface area (Å²) >= 11 is 0. The summed E-state index contributed by atoms with van der Waals surface area (Å²) in [4.78, 5) is 0. The first-order valence-corrected chi connectivity index (χ1v) is 8.48. The summed E-state index contributed by atoms with van der Waals surface area (Å²) in [5.41, 5.74) is 8.20. The molecule has 0 radical (unpaired) electrons. The van der Waals surface area contributed by atoms with Crippen molar-refractivity contribution in [2.45, 2.75) is 18.6 Å². The van der Waals surface area contributed by atoms with Crippen LogP contribution in [0.3, 0.4) is 0 Å². The summed E-state index contributed by atoms with van der Waals surface area (Å²) in [6, 6.07) is 17.3. The molecule has 2 aromatic rings. The van der Waals surface area contributed by atoms with Gasteiger partial charge in [0.1, 0.15) is 0 Å². The number of nitrogens with one attached hydrogen (secondary N) is 1. The highest BCUT2D eigenvalue weighted by Crippen LogP contribution is 2.22. The summed E-state index contributed by atoms with van der Waals surface area (Å²) in [7, 11) is -3.43. The Bertz CT molecular complexity index is 663. The minimum absolute atomic E-state index is 0.119. The minimum atomic E-state index is -3.43. The van der Waals surface area contributed by atoms with Gasteiger partial charge in [-0.1, -0.05) is 49.4 Å². The van der Waals surface area contributed by atoms with Crippen molar-refractivity contribution in [3.8, 4) is 11.1 Å². The maximum absolute atomic E-state index is 12.1. The maximum atomic E-state index is 12.1. The number of hydrogen-bond donors (Lipinski definition) is 2. The van der Waals surface area contributed by atoms with E-state index in [-0.39, 0.29) is 6.54 Å². The van der Waals surface area contributed by atoms with Crippen molar-refractivity contribution in [2.75, 3.05) is 11.3 Å². The molecule has 0 aromatic heterocycles. The fraction of sp³-hybridized carbons (Fsp3) is 0.250. The second-order valence-electron chi connectivity index (χ2n) is 4.86. The van der Waals surface area contributed by atoms with Crippen LogP contribution in [0.4, 0.5) is 5.69 Å². The quantitative estimate of drug-likeness (QED) is 0.862. The van der Waals surface area contributed by atoms with Crippen molar-refractivity contribution >= 4 is 15.7 Å². The maximum Gasteiger partial charge on any atom is 0.236 e. The van der Waals surface area contributed by atoms with Gasteiger partial charge in [0, 0.05) is 12.2 Å². The molecular weight excluding hydrogens is 284 g/mol. The molecule has 1 unspecified atom stereocenters. The average molecular weight is 304 g/mol. The summed E-state index contributed by atoms with van der Waals surface area (Å²) in [6.07, 6.45) is 0.494. The molecule has 3 N–H and O–H groups in total. The lowest BCUT2D eigenvalue weighted by Gasteiger charge is -2.15. The number of hydrogen-bond acceptors (Lipinski definition) is 3. The van der Waals surface area contributed by atoms with E-state index < -0.39 is 15.3 Å². The van der Waals surface area contributed by atoms with E-state index in [2.05, 4.69) is 4.72 Å². The van der Waals surface area contributed by atoms with Crippen molar-refractivity contribution < 1.29 is 8.42 Å². The number of rotatable bonds is 6. The van der Waals surface area contributed by atoms with Crippen molar-refractivity contribution in [3.05, 3.63) is 54.6 Å². The highest BCUT2D eigenvalue weighted by Gasteiger charge is 2.21. The van der Waals surface area contributed by atoms with Gasteiger partial charge in [0.05, 0.1) is 5.25 Å². The van der Waals surface area contributed by atoms with Gasteiger partial charge >= 0.3 is 0 Å². The molecular formula is C16H20N2O2S. The van der Waals surface area contributed by atoms with Gasteiger partial charge in [-0.2, -0.15) is 0 Å². The molecule has 2 rings (SSSR count). The van der Waals surface area contributed by atoms with Crippen molar-refractivity contribution in [2.24, 2.45) is 5.73 Å². The molecule has 21 heavy (non-hydrogen) atoms. The molecule has 0 amide bonds. The van der Waals surface area contributed by atoms with Gasteiger partial charge in [-0.25, -0.2) is 8.42 Å². The van der Waals surface area contributed by atoms with Gasteiger partial charge in [0.15, 0.2) is 0 Å². The Kier molecular flexibility index (Phi) is 4.98. The molecule has 0 aliphatic heterocycles. The first-order chi connectivity index (χ1) is 10.1. The molecule has 0 saturated carbocycles. The zero-order valence-corrected chi connectivity index (χ0v) is 12.8. The van der Waals surface area contributed by atoms with Crippen LogP contribution in [0, 0.1) is 0 Å². The van der Waals surface area contributed by atoms with Gasteiger partial charge < -0.3 is 5.73 Å². The molecule has 5 heteroatoms. The largest absolute Gasteiger partial charge is 0.329 e. The normalized spacial score (nSPS) is 12.9. The third kappa shape index (κ3) is 3.83. The van der Waals surface area contributed by atoms with Crippen molar-refractivity contribution in [1.82, 2.24) is 0 Å². The predicted octanol–water partition coefficient (Wildman–Crippen LogP) is 2.83. The third-order valence-electron chi connectivity index (χ3n) is 3.41. The van der Waals surface area contributed by atoms with E-state index in [1.165, 1.54) is 0 Å². The zero-order valence-electron chi connectivity index (χ0n) is 12.0. The Morgan fingerprint density at radius 3 is 2.10 bits per heavy atom. The monoisotopic (exact) mass is 304 g/mol. The second kappa shape index (κ2) is 6.74. The molecule has 112 valence electrons. The summed E-state index contributed by atoms with van der Waals surface area (Å²) in [6.45, 7) is 1.93. The van der Waals surface area contributed by atoms with Crippen LogP contribution in [0.5, 0.6) is 0 Å². The van der Waals surface area contributed by atoms with Crippen LogP contribution in [0.2, 0.25) is 0 Å². The van der Waals surface area contributed by atoms with Crippen LogP contribution in [-0.4, -0.2) is 20.2 Å². The van der Waals surface area contributed by atoms with Crippen LogP contribution in [0.15, 0.2) is 54.6 Å². The van der Waals surface area contributed by atoms with Crippen molar-refractivity contribution in [3.63, 3.8) is 0 Å². The first-order valence-electron chi connectivity index (χ1n) is 6.94. The molecule has 0 spiro atoms. The Hall–Kier alpha value is -1.85. The van der Waals surface area contributed by atoms with Gasteiger partial charge in [0.25, 0.3) is 0 Å². The highest BCUT2D eigenvalue weighted by molar-refractivity contribution is 7.93. The fourth-order valence-corrected chi connectivity index (χ4v) is 3.45. The topological polar surface area (TPSA) is 72.2 Å². The first kappa shape index (κ1) is 15.5. The summed E-state index contributed by atoms with van der Waals surface area (Å²) in [5.74, 6) is 0. The van der Waals surface area contributed by atoms with Crippen LogP contribution in [0.1, 0.15) is 13.3 Å². The molecule has 0 fully saturated rings. The molecule has 0 bridgehead atoms. The van der Waals surface area contributed by atoms with Crippen LogP contribution < -0.4 is 10.5 Å². The SMILES string of the molecule is CCC(CN)S(=O)(=O)Nc1ccc(-c2ccccc2)cc1. The number of sulfonamides is 1. The number of benzene rings is 2. The lowest BCUT2D eigenvalue weighted by atomic mass is 10.1. The zero-order chi connectivity index (χ0) is 15.3. The minimum Gasteiger partial charge on any atom is -0.329 e. The second-order valence-corrected chi connectivity index (χ2v) is 6.82. The third-order valence-corrected chi connectivity index (χ3v) is 5.33. The van der Waals surface area contributed by atoms with Gasteiger partial charge in [0.2, 0.25) is 10.0 Å². The lowest BCUT2D eigenvalue weighted by molar-refractivity contribution is 0.581. The Labute approximate surface area is 126 Å². The standard InChI is InChI=1S/C16H20N2O2S/c1-2-16(12-17)21(19,20)18-15-10-8-14(9-11-15)13-6-4-3-5-7-13/h3-11,16,18H,2,12,17H2,1H3. The molecule has 1 atom stereocenters. The van der Waals surface area contributed by atoms with Gasteiger partial charge in [-0.05, 0) is 29.7 Å². The summed E-state index contributed by atoms with van der Waals surface area (Å²) < 4.78 is 26.8. The van der Waals surface area contributed by atoms with E-state index in [4.69, 9.17) is 5.73 Å². The number of anilines is 1. The van der Waals surface area contributed by atoms with Gasteiger partial charge in [-0.15, -0.1) is 0 Å². The molecule has 2 aromatic carbocycles. The summed E-state index contributed by atoms with van der Waals surface area (Å²) in [5, 5.41) is -0.564. The van der Waals surface area contributed by atoms with Crippen LogP contribution in [0.25, 0.3) is 11.1 Å². The molecule has 0 aliphatic carbocycles. The van der Waals surface area contributed by atoms with E-state index in [0.29, 0.717) is 12.1 Å². The molecule has 0 aliphatic rings. The van der Waals surface area contributed by atoms with Crippen LogP contribution in [-0.2, 0) is 10.0 Å². The smallest absolute Gasteiger partial charge is 0.236 e. The van der Waals surface area contributed by atoms with E-state index >= 15 is 0 Å². The van der Waals surface area contributed by atoms with Crippen LogP contribution >= 0.6 is 0 Å². The Balaban J connectivity index is 2.17. The fourth-order valence-electron chi connectivity index (χ4n) is 2.12. The van der Waals surface area contributed by atoms with E-state index in [9.17, 15) is 8.42 Å². The molecule has 0 saturated heterocycles. The Morgan fingerprint density at radius 1 is 1.00 bits per heavy atom. The lowest BCUT2D eigenvalue weighted by Crippen LogP contribution is -2.33. The highest BCUT2D eigenvalue weighted by atomic mass is 32.2. The van der Waals surface area contributed by atoms with E-state index in [0.717, 1.165) is 11.1 Å². The number of nitrogens with two attached hydrogens (primary N) is 1. The van der Waals surface area contributed by atoms with E-state index in [1.807, 2.05) is 49.4 Å². The van der Waals surface area contributed by atoms with E-state index in [1.54, 1.807) is 12.1 Å². The average Bonchev–Trinajstić information content (AvgIpc) is 2.49. The van der Waals surface area contributed by atoms with Gasteiger partial charge in [-0.3, -0.25) is 4.72 Å².